The lowest BCUT2D eigenvalue weighted by Gasteiger charge is -2.34. The first kappa shape index (κ1) is 15.8. The number of H-pyrrole nitrogens is 1. The van der Waals surface area contributed by atoms with Gasteiger partial charge >= 0.3 is 0 Å². The Labute approximate surface area is 125 Å². The number of hydrogen-bond acceptors (Lipinski definition) is 3. The van der Waals surface area contributed by atoms with E-state index in [1.165, 1.54) is 6.07 Å². The molecule has 2 N–H and O–H groups in total. The van der Waals surface area contributed by atoms with Crippen molar-refractivity contribution >= 4 is 5.91 Å². The van der Waals surface area contributed by atoms with Gasteiger partial charge in [0.1, 0.15) is 0 Å². The molecule has 0 spiro atoms. The molecular formula is C16H24N2O3. The minimum Gasteiger partial charge on any atom is -0.381 e. The Morgan fingerprint density at radius 2 is 2.05 bits per heavy atom. The van der Waals surface area contributed by atoms with Gasteiger partial charge in [0.15, 0.2) is 0 Å². The van der Waals surface area contributed by atoms with Crippen LogP contribution in [0.4, 0.5) is 0 Å². The van der Waals surface area contributed by atoms with Crippen LogP contribution in [-0.2, 0) is 11.2 Å². The van der Waals surface area contributed by atoms with Crippen molar-refractivity contribution in [2.24, 2.45) is 5.92 Å². The van der Waals surface area contributed by atoms with Crippen LogP contribution >= 0.6 is 0 Å². The van der Waals surface area contributed by atoms with Gasteiger partial charge in [0.2, 0.25) is 5.56 Å². The standard InChI is InChI=1S/C16H24N2O3/c1-11(2)8-13-9-12(10-14(19)17-13)15(20)18-16(3)4-6-21-7-5-16/h9-11H,4-8H2,1-3H3,(H,17,19)(H,18,20). The molecule has 1 saturated heterocycles. The van der Waals surface area contributed by atoms with E-state index in [1.54, 1.807) is 6.07 Å². The summed E-state index contributed by atoms with van der Waals surface area (Å²) in [5.74, 6) is 0.238. The molecule has 1 aliphatic heterocycles. The minimum absolute atomic E-state index is 0.185. The summed E-state index contributed by atoms with van der Waals surface area (Å²) >= 11 is 0. The molecule has 0 unspecified atom stereocenters. The molecule has 0 aliphatic carbocycles. The summed E-state index contributed by atoms with van der Waals surface area (Å²) in [6, 6.07) is 3.14. The van der Waals surface area contributed by atoms with E-state index in [4.69, 9.17) is 4.74 Å². The van der Waals surface area contributed by atoms with Crippen LogP contribution in [0.2, 0.25) is 0 Å². The lowest BCUT2D eigenvalue weighted by molar-refractivity contribution is 0.0422. The van der Waals surface area contributed by atoms with Crippen molar-refractivity contribution < 1.29 is 9.53 Å². The van der Waals surface area contributed by atoms with Crippen LogP contribution in [0.5, 0.6) is 0 Å². The predicted molar refractivity (Wildman–Crippen MR) is 81.5 cm³/mol. The number of carbonyl (C=O) groups is 1. The number of ether oxygens (including phenoxy) is 1. The number of nitrogens with one attached hydrogen (secondary N) is 2. The molecule has 1 aromatic rings. The van der Waals surface area contributed by atoms with Gasteiger partial charge in [-0.15, -0.1) is 0 Å². The number of amides is 1. The van der Waals surface area contributed by atoms with Crippen LogP contribution in [0.1, 0.15) is 49.7 Å². The summed E-state index contributed by atoms with van der Waals surface area (Å²) < 4.78 is 5.33. The van der Waals surface area contributed by atoms with E-state index in [1.807, 2.05) is 6.92 Å². The number of aromatic amines is 1. The van der Waals surface area contributed by atoms with E-state index in [0.717, 1.165) is 25.0 Å². The van der Waals surface area contributed by atoms with Gasteiger partial charge in [-0.25, -0.2) is 0 Å². The third-order valence-electron chi connectivity index (χ3n) is 3.80. The molecule has 21 heavy (non-hydrogen) atoms. The van der Waals surface area contributed by atoms with Crippen molar-refractivity contribution in [3.05, 3.63) is 33.7 Å². The van der Waals surface area contributed by atoms with Gasteiger partial charge in [0, 0.05) is 36.1 Å². The van der Waals surface area contributed by atoms with E-state index < -0.39 is 0 Å². The maximum absolute atomic E-state index is 12.4. The van der Waals surface area contributed by atoms with Crippen LogP contribution in [-0.4, -0.2) is 29.6 Å². The van der Waals surface area contributed by atoms with Gasteiger partial charge in [0.05, 0.1) is 0 Å². The maximum atomic E-state index is 12.4. The number of rotatable bonds is 4. The molecular weight excluding hydrogens is 268 g/mol. The zero-order chi connectivity index (χ0) is 15.5. The van der Waals surface area contributed by atoms with Gasteiger partial charge in [-0.1, -0.05) is 13.8 Å². The Kier molecular flexibility index (Phi) is 4.83. The lowest BCUT2D eigenvalue weighted by atomic mass is 9.92. The molecule has 1 fully saturated rings. The molecule has 1 aromatic heterocycles. The second-order valence-corrected chi connectivity index (χ2v) is 6.48. The second-order valence-electron chi connectivity index (χ2n) is 6.48. The molecule has 0 aromatic carbocycles. The predicted octanol–water partition coefficient (Wildman–Crippen LogP) is 1.87. The minimum atomic E-state index is -0.254. The molecule has 0 radical (unpaired) electrons. The molecule has 5 heteroatoms. The fourth-order valence-corrected chi connectivity index (χ4v) is 2.58. The summed E-state index contributed by atoms with van der Waals surface area (Å²) in [6.07, 6.45) is 2.34. The third kappa shape index (κ3) is 4.43. The Morgan fingerprint density at radius 3 is 2.67 bits per heavy atom. The molecule has 0 bridgehead atoms. The van der Waals surface area contributed by atoms with Crippen molar-refractivity contribution in [1.29, 1.82) is 0 Å². The van der Waals surface area contributed by atoms with Crippen molar-refractivity contribution in [2.75, 3.05) is 13.2 Å². The van der Waals surface area contributed by atoms with E-state index in [-0.39, 0.29) is 17.0 Å². The highest BCUT2D eigenvalue weighted by atomic mass is 16.5. The van der Waals surface area contributed by atoms with Crippen LogP contribution in [0.15, 0.2) is 16.9 Å². The highest BCUT2D eigenvalue weighted by Crippen LogP contribution is 2.20. The first-order valence-electron chi connectivity index (χ1n) is 7.51. The average molecular weight is 292 g/mol. The zero-order valence-corrected chi connectivity index (χ0v) is 13.0. The Morgan fingerprint density at radius 1 is 1.38 bits per heavy atom. The first-order valence-corrected chi connectivity index (χ1v) is 7.51. The van der Waals surface area contributed by atoms with Gasteiger partial charge in [-0.3, -0.25) is 9.59 Å². The molecule has 1 aliphatic rings. The average Bonchev–Trinajstić information content (AvgIpc) is 2.37. The number of carbonyl (C=O) groups excluding carboxylic acids is 1. The molecule has 2 heterocycles. The fraction of sp³-hybridized carbons (Fsp3) is 0.625. The highest BCUT2D eigenvalue weighted by Gasteiger charge is 2.29. The van der Waals surface area contributed by atoms with E-state index in [9.17, 15) is 9.59 Å². The Bertz CT molecular complexity index is 557. The zero-order valence-electron chi connectivity index (χ0n) is 13.0. The molecule has 2 rings (SSSR count). The molecule has 5 nitrogen and oxygen atoms in total. The Balaban J connectivity index is 2.15. The lowest BCUT2D eigenvalue weighted by Crippen LogP contribution is -2.49. The van der Waals surface area contributed by atoms with Crippen LogP contribution < -0.4 is 10.9 Å². The van der Waals surface area contributed by atoms with Gasteiger partial charge in [-0.05, 0) is 38.2 Å². The normalized spacial score (nSPS) is 17.7. The van der Waals surface area contributed by atoms with Crippen LogP contribution in [0.25, 0.3) is 0 Å². The van der Waals surface area contributed by atoms with Crippen molar-refractivity contribution in [3.8, 4) is 0 Å². The number of hydrogen-bond donors (Lipinski definition) is 2. The van der Waals surface area contributed by atoms with Crippen molar-refractivity contribution in [3.63, 3.8) is 0 Å². The summed E-state index contributed by atoms with van der Waals surface area (Å²) in [5, 5.41) is 3.05. The maximum Gasteiger partial charge on any atom is 0.251 e. The smallest absolute Gasteiger partial charge is 0.251 e. The Hall–Kier alpha value is -1.62. The summed E-state index contributed by atoms with van der Waals surface area (Å²) in [4.78, 5) is 26.9. The topological polar surface area (TPSA) is 71.2 Å². The number of aromatic nitrogens is 1. The van der Waals surface area contributed by atoms with Gasteiger partial charge in [0.25, 0.3) is 5.91 Å². The molecule has 1 amide bonds. The summed E-state index contributed by atoms with van der Waals surface area (Å²) in [5.41, 5.74) is 0.758. The summed E-state index contributed by atoms with van der Waals surface area (Å²) in [6.45, 7) is 7.49. The summed E-state index contributed by atoms with van der Waals surface area (Å²) in [7, 11) is 0. The monoisotopic (exact) mass is 292 g/mol. The largest absolute Gasteiger partial charge is 0.381 e. The van der Waals surface area contributed by atoms with Crippen LogP contribution in [0.3, 0.4) is 0 Å². The van der Waals surface area contributed by atoms with Gasteiger partial charge < -0.3 is 15.0 Å². The fourth-order valence-electron chi connectivity index (χ4n) is 2.58. The second kappa shape index (κ2) is 6.43. The van der Waals surface area contributed by atoms with Crippen LogP contribution in [0, 0.1) is 5.92 Å². The van der Waals surface area contributed by atoms with Crippen molar-refractivity contribution in [2.45, 2.75) is 45.6 Å². The van der Waals surface area contributed by atoms with E-state index in [2.05, 4.69) is 24.1 Å². The molecule has 0 atom stereocenters. The SMILES string of the molecule is CC(C)Cc1cc(C(=O)NC2(C)CCOCC2)cc(=O)[nH]1. The van der Waals surface area contributed by atoms with Crippen molar-refractivity contribution in [1.82, 2.24) is 10.3 Å². The van der Waals surface area contributed by atoms with E-state index >= 15 is 0 Å². The first-order chi connectivity index (χ1) is 9.88. The van der Waals surface area contributed by atoms with E-state index in [0.29, 0.717) is 24.7 Å². The number of pyridine rings is 1. The van der Waals surface area contributed by atoms with Gasteiger partial charge in [-0.2, -0.15) is 0 Å². The molecule has 0 saturated carbocycles. The third-order valence-corrected chi connectivity index (χ3v) is 3.80. The quantitative estimate of drug-likeness (QED) is 0.890. The molecule has 116 valence electrons. The highest BCUT2D eigenvalue weighted by molar-refractivity contribution is 5.94.